The molecule has 2 rings (SSSR count). The largest absolute Gasteiger partial charge is 0.508 e. The minimum Gasteiger partial charge on any atom is -0.508 e. The van der Waals surface area contributed by atoms with Gasteiger partial charge in [-0.3, -0.25) is 4.79 Å². The molecule has 1 fully saturated rings. The van der Waals surface area contributed by atoms with Gasteiger partial charge in [0.25, 0.3) is 5.91 Å². The average molecular weight is 235 g/mol. The second kappa shape index (κ2) is 4.75. The molecule has 1 aliphatic heterocycles. The van der Waals surface area contributed by atoms with Gasteiger partial charge in [0.1, 0.15) is 5.75 Å². The fourth-order valence-electron chi connectivity index (χ4n) is 2.20. The van der Waals surface area contributed by atoms with Gasteiger partial charge in [-0.05, 0) is 37.5 Å². The van der Waals surface area contributed by atoms with Crippen LogP contribution in [0.2, 0.25) is 0 Å². The van der Waals surface area contributed by atoms with Gasteiger partial charge in [0.2, 0.25) is 0 Å². The van der Waals surface area contributed by atoms with E-state index < -0.39 is 0 Å². The number of aliphatic hydroxyl groups excluding tert-OH is 1. The summed E-state index contributed by atoms with van der Waals surface area (Å²) in [5, 5.41) is 18.8. The van der Waals surface area contributed by atoms with Crippen molar-refractivity contribution >= 4 is 5.91 Å². The number of amides is 1. The lowest BCUT2D eigenvalue weighted by atomic mass is 10.1. The Morgan fingerprint density at radius 3 is 2.94 bits per heavy atom. The van der Waals surface area contributed by atoms with Crippen LogP contribution >= 0.6 is 0 Å². The molecule has 1 heterocycles. The SMILES string of the molecule is Cc1ccc(C(=O)N2CCC[C@H]2CO)cc1O. The Balaban J connectivity index is 2.21. The standard InChI is InChI=1S/C13H17NO3/c1-9-4-5-10(7-12(9)16)13(17)14-6-2-3-11(14)8-15/h4-5,7,11,15-16H,2-3,6,8H2,1H3/t11-/m0/s1. The van der Waals surface area contributed by atoms with E-state index in [9.17, 15) is 15.0 Å². The van der Waals surface area contributed by atoms with Crippen molar-refractivity contribution in [1.29, 1.82) is 0 Å². The van der Waals surface area contributed by atoms with Gasteiger partial charge in [0.05, 0.1) is 12.6 Å². The highest BCUT2D eigenvalue weighted by Crippen LogP contribution is 2.23. The van der Waals surface area contributed by atoms with Crippen LogP contribution in [0.4, 0.5) is 0 Å². The van der Waals surface area contributed by atoms with Gasteiger partial charge in [0, 0.05) is 12.1 Å². The summed E-state index contributed by atoms with van der Waals surface area (Å²) in [6.07, 6.45) is 1.77. The van der Waals surface area contributed by atoms with Crippen LogP contribution in [0.3, 0.4) is 0 Å². The van der Waals surface area contributed by atoms with Gasteiger partial charge < -0.3 is 15.1 Å². The first kappa shape index (κ1) is 11.9. The molecule has 4 heteroatoms. The lowest BCUT2D eigenvalue weighted by Gasteiger charge is -2.23. The molecule has 17 heavy (non-hydrogen) atoms. The number of phenolic OH excluding ortho intramolecular Hbond substituents is 1. The minimum atomic E-state index is -0.114. The third kappa shape index (κ3) is 2.26. The van der Waals surface area contributed by atoms with E-state index in [0.29, 0.717) is 12.1 Å². The summed E-state index contributed by atoms with van der Waals surface area (Å²) in [6.45, 7) is 2.47. The molecular weight excluding hydrogens is 218 g/mol. The lowest BCUT2D eigenvalue weighted by Crippen LogP contribution is -2.37. The number of nitrogens with zero attached hydrogens (tertiary/aromatic N) is 1. The monoisotopic (exact) mass is 235 g/mol. The van der Waals surface area contributed by atoms with E-state index in [1.54, 1.807) is 24.0 Å². The van der Waals surface area contributed by atoms with Gasteiger partial charge in [0.15, 0.2) is 0 Å². The van der Waals surface area contributed by atoms with Crippen molar-refractivity contribution in [2.75, 3.05) is 13.2 Å². The Hall–Kier alpha value is -1.55. The predicted molar refractivity (Wildman–Crippen MR) is 64.0 cm³/mol. The van der Waals surface area contributed by atoms with E-state index >= 15 is 0 Å². The summed E-state index contributed by atoms with van der Waals surface area (Å²) in [4.78, 5) is 13.9. The third-order valence-electron chi connectivity index (χ3n) is 3.30. The Morgan fingerprint density at radius 1 is 1.53 bits per heavy atom. The molecule has 2 N–H and O–H groups in total. The highest BCUT2D eigenvalue weighted by molar-refractivity contribution is 5.95. The number of aryl methyl sites for hydroxylation is 1. The molecule has 4 nitrogen and oxygen atoms in total. The smallest absolute Gasteiger partial charge is 0.254 e. The van der Waals surface area contributed by atoms with Crippen molar-refractivity contribution in [3.8, 4) is 5.75 Å². The van der Waals surface area contributed by atoms with Crippen LogP contribution < -0.4 is 0 Å². The number of rotatable bonds is 2. The van der Waals surface area contributed by atoms with Crippen molar-refractivity contribution in [1.82, 2.24) is 4.90 Å². The molecule has 1 saturated heterocycles. The molecule has 0 bridgehead atoms. The lowest BCUT2D eigenvalue weighted by molar-refractivity contribution is 0.0677. The van der Waals surface area contributed by atoms with Gasteiger partial charge in [-0.15, -0.1) is 0 Å². The molecule has 92 valence electrons. The number of carbonyl (C=O) groups is 1. The van der Waals surface area contributed by atoms with Crippen LogP contribution in [0, 0.1) is 6.92 Å². The molecule has 0 saturated carbocycles. The average Bonchev–Trinajstić information content (AvgIpc) is 2.80. The van der Waals surface area contributed by atoms with Crippen molar-refractivity contribution in [2.24, 2.45) is 0 Å². The number of phenols is 1. The maximum Gasteiger partial charge on any atom is 0.254 e. The number of hydrogen-bond donors (Lipinski definition) is 2. The number of likely N-dealkylation sites (tertiary alicyclic amines) is 1. The molecule has 1 aromatic carbocycles. The molecule has 0 radical (unpaired) electrons. The Bertz CT molecular complexity index is 431. The van der Waals surface area contributed by atoms with Crippen molar-refractivity contribution in [3.63, 3.8) is 0 Å². The van der Waals surface area contributed by atoms with Crippen molar-refractivity contribution in [3.05, 3.63) is 29.3 Å². The van der Waals surface area contributed by atoms with Gasteiger partial charge in [-0.2, -0.15) is 0 Å². The van der Waals surface area contributed by atoms with E-state index in [4.69, 9.17) is 0 Å². The summed E-state index contributed by atoms with van der Waals surface area (Å²) in [5.74, 6) is 0.0208. The predicted octanol–water partition coefficient (Wildman–Crippen LogP) is 1.30. The molecule has 1 aromatic rings. The van der Waals surface area contributed by atoms with E-state index in [0.717, 1.165) is 18.4 Å². The van der Waals surface area contributed by atoms with Crippen LogP contribution in [0.1, 0.15) is 28.8 Å². The van der Waals surface area contributed by atoms with E-state index in [2.05, 4.69) is 0 Å². The maximum atomic E-state index is 12.2. The van der Waals surface area contributed by atoms with Gasteiger partial charge in [-0.25, -0.2) is 0 Å². The Morgan fingerprint density at radius 2 is 2.29 bits per heavy atom. The zero-order valence-corrected chi connectivity index (χ0v) is 9.89. The number of hydrogen-bond acceptors (Lipinski definition) is 3. The van der Waals surface area contributed by atoms with E-state index in [1.165, 1.54) is 6.07 Å². The quantitative estimate of drug-likeness (QED) is 0.812. The molecular formula is C13H17NO3. The van der Waals surface area contributed by atoms with Crippen LogP contribution in [0.25, 0.3) is 0 Å². The first-order chi connectivity index (χ1) is 8.13. The van der Waals surface area contributed by atoms with Gasteiger partial charge in [-0.1, -0.05) is 6.07 Å². The van der Waals surface area contributed by atoms with Crippen LogP contribution in [0.5, 0.6) is 5.75 Å². The molecule has 1 aliphatic rings. The molecule has 0 aromatic heterocycles. The molecule has 0 aliphatic carbocycles. The van der Waals surface area contributed by atoms with Crippen LogP contribution in [-0.4, -0.2) is 40.2 Å². The van der Waals surface area contributed by atoms with Crippen molar-refractivity contribution in [2.45, 2.75) is 25.8 Å². The number of aromatic hydroxyl groups is 1. The van der Waals surface area contributed by atoms with Gasteiger partial charge >= 0.3 is 0 Å². The third-order valence-corrected chi connectivity index (χ3v) is 3.30. The van der Waals surface area contributed by atoms with E-state index in [1.807, 2.05) is 0 Å². The first-order valence-corrected chi connectivity index (χ1v) is 5.85. The molecule has 1 amide bonds. The Labute approximate surface area is 100 Å². The molecule has 0 spiro atoms. The summed E-state index contributed by atoms with van der Waals surface area (Å²) >= 11 is 0. The highest BCUT2D eigenvalue weighted by Gasteiger charge is 2.28. The van der Waals surface area contributed by atoms with E-state index in [-0.39, 0.29) is 24.3 Å². The van der Waals surface area contributed by atoms with Crippen LogP contribution in [-0.2, 0) is 0 Å². The summed E-state index contributed by atoms with van der Waals surface area (Å²) in [6, 6.07) is 4.85. The second-order valence-electron chi connectivity index (χ2n) is 4.48. The minimum absolute atomic E-state index is 0.00356. The fourth-order valence-corrected chi connectivity index (χ4v) is 2.20. The summed E-state index contributed by atoms with van der Waals surface area (Å²) < 4.78 is 0. The molecule has 1 atom stereocenters. The molecule has 0 unspecified atom stereocenters. The highest BCUT2D eigenvalue weighted by atomic mass is 16.3. The Kier molecular flexibility index (Phi) is 3.33. The zero-order valence-electron chi connectivity index (χ0n) is 9.89. The summed E-state index contributed by atoms with van der Waals surface area (Å²) in [5.41, 5.74) is 1.23. The fraction of sp³-hybridized carbons (Fsp3) is 0.462. The number of benzene rings is 1. The van der Waals surface area contributed by atoms with Crippen molar-refractivity contribution < 1.29 is 15.0 Å². The number of aliphatic hydroxyl groups is 1. The normalized spacial score (nSPS) is 19.6. The topological polar surface area (TPSA) is 60.8 Å². The maximum absolute atomic E-state index is 12.2. The zero-order chi connectivity index (χ0) is 12.4. The van der Waals surface area contributed by atoms with Crippen LogP contribution in [0.15, 0.2) is 18.2 Å². The first-order valence-electron chi connectivity index (χ1n) is 5.85. The second-order valence-corrected chi connectivity index (χ2v) is 4.48. The number of carbonyl (C=O) groups excluding carboxylic acids is 1. The summed E-state index contributed by atoms with van der Waals surface area (Å²) in [7, 11) is 0.